The molecule has 1 aromatic carbocycles. The first kappa shape index (κ1) is 17.4. The quantitative estimate of drug-likeness (QED) is 0.727. The number of amides is 1. The van der Waals surface area contributed by atoms with Gasteiger partial charge in [0, 0.05) is 18.2 Å². The second-order valence-electron chi connectivity index (χ2n) is 6.36. The van der Waals surface area contributed by atoms with Gasteiger partial charge in [-0.25, -0.2) is 0 Å². The average molecular weight is 320 g/mol. The van der Waals surface area contributed by atoms with Gasteiger partial charge in [-0.3, -0.25) is 4.79 Å². The molecule has 1 aliphatic heterocycles. The standard InChI is InChI=1S/C19H29NOS/c1-5-7-8-16(6-2)18(21)20-11-12-22-19(20)17-10-9-14(3)13-15(17)4/h9-10,13,16,19H,5-8,11-12H2,1-4H3/t16-,19+/m1/s1. The zero-order chi connectivity index (χ0) is 16.1. The van der Waals surface area contributed by atoms with Crippen molar-refractivity contribution >= 4 is 17.7 Å². The van der Waals surface area contributed by atoms with E-state index in [1.165, 1.54) is 23.1 Å². The van der Waals surface area contributed by atoms with Crippen molar-refractivity contribution in [3.05, 3.63) is 34.9 Å². The fourth-order valence-electron chi connectivity index (χ4n) is 3.24. The van der Waals surface area contributed by atoms with Crippen LogP contribution in [0.5, 0.6) is 0 Å². The number of thioether (sulfide) groups is 1. The highest BCUT2D eigenvalue weighted by Gasteiger charge is 2.34. The number of carbonyl (C=O) groups excluding carboxylic acids is 1. The molecule has 0 radical (unpaired) electrons. The Hall–Kier alpha value is -0.960. The minimum Gasteiger partial charge on any atom is -0.325 e. The lowest BCUT2D eigenvalue weighted by Gasteiger charge is -2.29. The molecule has 0 aliphatic carbocycles. The van der Waals surface area contributed by atoms with Crippen molar-refractivity contribution in [2.75, 3.05) is 12.3 Å². The van der Waals surface area contributed by atoms with Gasteiger partial charge in [0.05, 0.1) is 0 Å². The molecule has 2 atom stereocenters. The van der Waals surface area contributed by atoms with Crippen LogP contribution in [-0.2, 0) is 4.79 Å². The van der Waals surface area contributed by atoms with E-state index in [2.05, 4.69) is 50.8 Å². The van der Waals surface area contributed by atoms with Gasteiger partial charge in [-0.15, -0.1) is 11.8 Å². The van der Waals surface area contributed by atoms with Crippen LogP contribution in [0.25, 0.3) is 0 Å². The van der Waals surface area contributed by atoms with Crippen molar-refractivity contribution in [3.63, 3.8) is 0 Å². The van der Waals surface area contributed by atoms with Crippen molar-refractivity contribution in [3.8, 4) is 0 Å². The Bertz CT molecular complexity index is 514. The maximum Gasteiger partial charge on any atom is 0.226 e. The summed E-state index contributed by atoms with van der Waals surface area (Å²) < 4.78 is 0. The van der Waals surface area contributed by atoms with Crippen molar-refractivity contribution in [2.45, 2.75) is 58.8 Å². The summed E-state index contributed by atoms with van der Waals surface area (Å²) in [6, 6.07) is 6.60. The molecular weight excluding hydrogens is 290 g/mol. The molecule has 2 nitrogen and oxygen atoms in total. The highest BCUT2D eigenvalue weighted by Crippen LogP contribution is 2.40. The van der Waals surface area contributed by atoms with E-state index < -0.39 is 0 Å². The Kier molecular flexibility index (Phi) is 6.37. The van der Waals surface area contributed by atoms with Gasteiger partial charge in [0.15, 0.2) is 0 Å². The second kappa shape index (κ2) is 8.05. The van der Waals surface area contributed by atoms with Crippen LogP contribution in [0, 0.1) is 19.8 Å². The monoisotopic (exact) mass is 319 g/mol. The minimum absolute atomic E-state index is 0.201. The van der Waals surface area contributed by atoms with Crippen molar-refractivity contribution in [1.29, 1.82) is 0 Å². The molecule has 1 aliphatic rings. The molecule has 3 heteroatoms. The highest BCUT2D eigenvalue weighted by atomic mass is 32.2. The number of rotatable bonds is 6. The van der Waals surface area contributed by atoms with E-state index in [9.17, 15) is 4.79 Å². The van der Waals surface area contributed by atoms with Crippen LogP contribution in [0.2, 0.25) is 0 Å². The van der Waals surface area contributed by atoms with E-state index in [1.807, 2.05) is 11.8 Å². The van der Waals surface area contributed by atoms with Crippen LogP contribution >= 0.6 is 11.8 Å². The number of hydrogen-bond donors (Lipinski definition) is 0. The summed E-state index contributed by atoms with van der Waals surface area (Å²) in [6.07, 6.45) is 4.31. The van der Waals surface area contributed by atoms with Gasteiger partial charge in [-0.2, -0.15) is 0 Å². The zero-order valence-electron chi connectivity index (χ0n) is 14.4. The van der Waals surface area contributed by atoms with E-state index in [0.717, 1.165) is 31.6 Å². The first-order valence-electron chi connectivity index (χ1n) is 8.57. The highest BCUT2D eigenvalue weighted by molar-refractivity contribution is 7.99. The van der Waals surface area contributed by atoms with Gasteiger partial charge in [0.25, 0.3) is 0 Å². The molecule has 122 valence electrons. The molecule has 0 spiro atoms. The Morgan fingerprint density at radius 2 is 2.14 bits per heavy atom. The van der Waals surface area contributed by atoms with Crippen molar-refractivity contribution in [2.24, 2.45) is 5.92 Å². The number of benzene rings is 1. The third-order valence-corrected chi connectivity index (χ3v) is 5.86. The summed E-state index contributed by atoms with van der Waals surface area (Å²) in [5.41, 5.74) is 3.90. The molecule has 0 bridgehead atoms. The minimum atomic E-state index is 0.201. The van der Waals surface area contributed by atoms with Crippen LogP contribution in [-0.4, -0.2) is 23.1 Å². The van der Waals surface area contributed by atoms with Crippen LogP contribution in [0.4, 0.5) is 0 Å². The SMILES string of the molecule is CCCC[C@@H](CC)C(=O)N1CCS[C@H]1c1ccc(C)cc1C. The number of hydrogen-bond acceptors (Lipinski definition) is 2. The van der Waals surface area contributed by atoms with Crippen LogP contribution in [0.15, 0.2) is 18.2 Å². The third kappa shape index (κ3) is 3.87. The molecule has 22 heavy (non-hydrogen) atoms. The van der Waals surface area contributed by atoms with Crippen molar-refractivity contribution < 1.29 is 4.79 Å². The molecule has 1 fully saturated rings. The molecule has 0 saturated carbocycles. The lowest BCUT2D eigenvalue weighted by atomic mass is 9.97. The molecule has 0 aromatic heterocycles. The maximum absolute atomic E-state index is 13.0. The van der Waals surface area contributed by atoms with Gasteiger partial charge < -0.3 is 4.90 Å². The summed E-state index contributed by atoms with van der Waals surface area (Å²) in [5.74, 6) is 1.62. The largest absolute Gasteiger partial charge is 0.325 e. The van der Waals surface area contributed by atoms with Crippen LogP contribution in [0.1, 0.15) is 61.6 Å². The summed E-state index contributed by atoms with van der Waals surface area (Å²) in [7, 11) is 0. The molecule has 2 rings (SSSR count). The fraction of sp³-hybridized carbons (Fsp3) is 0.632. The van der Waals surface area contributed by atoms with Crippen LogP contribution < -0.4 is 0 Å². The first-order chi connectivity index (χ1) is 10.6. The van der Waals surface area contributed by atoms with E-state index in [0.29, 0.717) is 5.91 Å². The van der Waals surface area contributed by atoms with E-state index >= 15 is 0 Å². The smallest absolute Gasteiger partial charge is 0.226 e. The lowest BCUT2D eigenvalue weighted by molar-refractivity contribution is -0.136. The topological polar surface area (TPSA) is 20.3 Å². The van der Waals surface area contributed by atoms with Gasteiger partial charge in [0.2, 0.25) is 5.91 Å². The van der Waals surface area contributed by atoms with Crippen LogP contribution in [0.3, 0.4) is 0 Å². The van der Waals surface area contributed by atoms with Crippen molar-refractivity contribution in [1.82, 2.24) is 4.90 Å². The molecule has 0 unspecified atom stereocenters. The number of nitrogens with zero attached hydrogens (tertiary/aromatic N) is 1. The summed E-state index contributed by atoms with van der Waals surface area (Å²) in [6.45, 7) is 9.52. The lowest BCUT2D eigenvalue weighted by Crippen LogP contribution is -2.35. The molecule has 0 N–H and O–H groups in total. The Balaban J connectivity index is 2.17. The Morgan fingerprint density at radius 3 is 2.77 bits per heavy atom. The predicted molar refractivity (Wildman–Crippen MR) is 96.1 cm³/mol. The summed E-state index contributed by atoms with van der Waals surface area (Å²) in [5, 5.41) is 0.212. The van der Waals surface area contributed by atoms with Gasteiger partial charge in [-0.1, -0.05) is 50.5 Å². The van der Waals surface area contributed by atoms with E-state index in [1.54, 1.807) is 0 Å². The van der Waals surface area contributed by atoms with E-state index in [4.69, 9.17) is 0 Å². The number of aryl methyl sites for hydroxylation is 2. The normalized spacial score (nSPS) is 19.5. The Labute approximate surface area is 139 Å². The predicted octanol–water partition coefficient (Wildman–Crippen LogP) is 5.09. The Morgan fingerprint density at radius 1 is 1.36 bits per heavy atom. The molecule has 1 saturated heterocycles. The molecule has 1 aromatic rings. The number of unbranched alkanes of at least 4 members (excludes halogenated alkanes) is 1. The molecule has 1 amide bonds. The fourth-order valence-corrected chi connectivity index (χ4v) is 4.60. The average Bonchev–Trinajstić information content (AvgIpc) is 2.97. The maximum atomic E-state index is 13.0. The van der Waals surface area contributed by atoms with Gasteiger partial charge in [-0.05, 0) is 37.8 Å². The summed E-state index contributed by atoms with van der Waals surface area (Å²) >= 11 is 1.91. The number of carbonyl (C=O) groups is 1. The zero-order valence-corrected chi connectivity index (χ0v) is 15.2. The molecule has 1 heterocycles. The second-order valence-corrected chi connectivity index (χ2v) is 7.55. The summed E-state index contributed by atoms with van der Waals surface area (Å²) in [4.78, 5) is 15.1. The third-order valence-electron chi connectivity index (χ3n) is 4.61. The molecular formula is C19H29NOS. The van der Waals surface area contributed by atoms with Gasteiger partial charge in [0.1, 0.15) is 5.37 Å². The van der Waals surface area contributed by atoms with Gasteiger partial charge >= 0.3 is 0 Å². The van der Waals surface area contributed by atoms with E-state index in [-0.39, 0.29) is 11.3 Å². The first-order valence-corrected chi connectivity index (χ1v) is 9.62.